The van der Waals surface area contributed by atoms with E-state index in [1.165, 1.54) is 24.3 Å². The first-order chi connectivity index (χ1) is 16.8. The van der Waals surface area contributed by atoms with Crippen LogP contribution in [-0.4, -0.2) is 65.4 Å². The van der Waals surface area contributed by atoms with E-state index >= 15 is 0 Å². The number of esters is 2. The highest BCUT2D eigenvalue weighted by Crippen LogP contribution is 2.63. The Labute approximate surface area is 208 Å². The average Bonchev–Trinajstić information content (AvgIpc) is 3.46. The number of fused-ring (bicyclic) bond motifs is 1. The molecule has 2 saturated carbocycles. The molecule has 5 atom stereocenters. The smallest absolute Gasteiger partial charge is 0.408 e. The van der Waals surface area contributed by atoms with Crippen molar-refractivity contribution in [3.05, 3.63) is 35.4 Å². The molecular formula is C25H32N2O9. The lowest BCUT2D eigenvalue weighted by Gasteiger charge is -2.33. The van der Waals surface area contributed by atoms with Crippen molar-refractivity contribution < 1.29 is 43.3 Å². The van der Waals surface area contributed by atoms with Gasteiger partial charge < -0.3 is 30.0 Å². The first kappa shape index (κ1) is 27.0. The molecule has 2 amide bonds. The maximum absolute atomic E-state index is 13.2. The number of nitrogens with one attached hydrogen (secondary N) is 2. The number of hydrogen-bond donors (Lipinski definition) is 3. The molecule has 2 aliphatic rings. The van der Waals surface area contributed by atoms with Gasteiger partial charge in [-0.1, -0.05) is 6.07 Å². The van der Waals surface area contributed by atoms with Gasteiger partial charge in [0.05, 0.1) is 24.7 Å². The number of carbonyl (C=O) groups excluding carboxylic acids is 4. The highest BCUT2D eigenvalue weighted by molar-refractivity contribution is 5.98. The highest BCUT2D eigenvalue weighted by Gasteiger charge is 2.76. The molecule has 0 heterocycles. The molecule has 0 radical (unpaired) electrons. The topological polar surface area (TPSA) is 157 Å². The molecule has 3 N–H and O–H groups in total. The summed E-state index contributed by atoms with van der Waals surface area (Å²) >= 11 is 0. The third-order valence-electron chi connectivity index (χ3n) is 6.26. The SMILES string of the molecule is CCOC(=O)[C@H]1C2C(NC(=O)c3cccc(C(=O)O)c3)CC(NC(=O)OC(C)(C)C)(C(=O)OCC)C21. The summed E-state index contributed by atoms with van der Waals surface area (Å²) in [4.78, 5) is 63.0. The van der Waals surface area contributed by atoms with Gasteiger partial charge in [-0.15, -0.1) is 0 Å². The van der Waals surface area contributed by atoms with Crippen LogP contribution in [0.15, 0.2) is 24.3 Å². The number of rotatable bonds is 8. The van der Waals surface area contributed by atoms with Gasteiger partial charge in [-0.3, -0.25) is 9.59 Å². The molecular weight excluding hydrogens is 472 g/mol. The maximum atomic E-state index is 13.2. The van der Waals surface area contributed by atoms with E-state index in [1.54, 1.807) is 34.6 Å². The zero-order valence-corrected chi connectivity index (χ0v) is 21.0. The monoisotopic (exact) mass is 504 g/mol. The van der Waals surface area contributed by atoms with Crippen LogP contribution in [0.5, 0.6) is 0 Å². The van der Waals surface area contributed by atoms with Crippen molar-refractivity contribution in [2.24, 2.45) is 17.8 Å². The summed E-state index contributed by atoms with van der Waals surface area (Å²) in [6.45, 7) is 8.46. The van der Waals surface area contributed by atoms with Crippen LogP contribution in [0.4, 0.5) is 4.79 Å². The summed E-state index contributed by atoms with van der Waals surface area (Å²) in [5.41, 5.74) is -2.42. The molecule has 0 aromatic heterocycles. The van der Waals surface area contributed by atoms with Gasteiger partial charge in [-0.05, 0) is 58.7 Å². The van der Waals surface area contributed by atoms with E-state index in [2.05, 4.69) is 10.6 Å². The van der Waals surface area contributed by atoms with Crippen LogP contribution in [0.25, 0.3) is 0 Å². The Kier molecular flexibility index (Phi) is 7.61. The van der Waals surface area contributed by atoms with Crippen LogP contribution in [0.1, 0.15) is 61.8 Å². The molecule has 4 unspecified atom stereocenters. The number of carboxylic acid groups (broad SMARTS) is 1. The second-order valence-corrected chi connectivity index (χ2v) is 9.87. The fourth-order valence-electron chi connectivity index (χ4n) is 4.97. The minimum Gasteiger partial charge on any atom is -0.478 e. The largest absolute Gasteiger partial charge is 0.478 e. The van der Waals surface area contributed by atoms with E-state index in [-0.39, 0.29) is 30.8 Å². The zero-order chi connectivity index (χ0) is 26.8. The molecule has 2 fully saturated rings. The lowest BCUT2D eigenvalue weighted by Crippen LogP contribution is -2.59. The molecule has 0 spiro atoms. The molecule has 11 heteroatoms. The minimum atomic E-state index is -1.62. The van der Waals surface area contributed by atoms with Crippen molar-refractivity contribution in [1.82, 2.24) is 10.6 Å². The number of alkyl carbamates (subject to hydrolysis) is 1. The zero-order valence-electron chi connectivity index (χ0n) is 21.0. The predicted octanol–water partition coefficient (Wildman–Crippen LogP) is 2.14. The van der Waals surface area contributed by atoms with Crippen molar-refractivity contribution in [2.45, 2.75) is 58.2 Å². The molecule has 11 nitrogen and oxygen atoms in total. The third kappa shape index (κ3) is 5.44. The summed E-state index contributed by atoms with van der Waals surface area (Å²) < 4.78 is 15.8. The van der Waals surface area contributed by atoms with E-state index in [0.717, 1.165) is 0 Å². The van der Waals surface area contributed by atoms with Crippen LogP contribution in [0, 0.1) is 17.8 Å². The number of carboxylic acids is 1. The van der Waals surface area contributed by atoms with E-state index in [1.807, 2.05) is 0 Å². The lowest BCUT2D eigenvalue weighted by atomic mass is 9.88. The van der Waals surface area contributed by atoms with Crippen molar-refractivity contribution in [1.29, 1.82) is 0 Å². The summed E-state index contributed by atoms with van der Waals surface area (Å²) in [5.74, 6) is -4.98. The molecule has 0 bridgehead atoms. The second kappa shape index (κ2) is 10.2. The summed E-state index contributed by atoms with van der Waals surface area (Å²) in [6, 6.07) is 4.80. The first-order valence-corrected chi connectivity index (χ1v) is 11.8. The first-order valence-electron chi connectivity index (χ1n) is 11.8. The molecule has 3 rings (SSSR count). The van der Waals surface area contributed by atoms with Crippen LogP contribution >= 0.6 is 0 Å². The molecule has 2 aliphatic carbocycles. The van der Waals surface area contributed by atoms with Crippen LogP contribution < -0.4 is 10.6 Å². The van der Waals surface area contributed by atoms with Gasteiger partial charge in [0.15, 0.2) is 0 Å². The molecule has 36 heavy (non-hydrogen) atoms. The maximum Gasteiger partial charge on any atom is 0.408 e. The fraction of sp³-hybridized carbons (Fsp3) is 0.560. The quantitative estimate of drug-likeness (QED) is 0.356. The van der Waals surface area contributed by atoms with Gasteiger partial charge in [-0.2, -0.15) is 0 Å². The van der Waals surface area contributed by atoms with Gasteiger partial charge in [0.1, 0.15) is 11.1 Å². The average molecular weight is 505 g/mol. The minimum absolute atomic E-state index is 0.0387. The normalized spacial score (nSPS) is 26.2. The number of aromatic carboxylic acids is 1. The van der Waals surface area contributed by atoms with E-state index in [9.17, 15) is 29.1 Å². The summed E-state index contributed by atoms with van der Waals surface area (Å²) in [7, 11) is 0. The lowest BCUT2D eigenvalue weighted by molar-refractivity contribution is -0.153. The Morgan fingerprint density at radius 3 is 2.28 bits per heavy atom. The Bertz CT molecular complexity index is 1060. The van der Waals surface area contributed by atoms with Gasteiger partial charge in [0, 0.05) is 23.9 Å². The Balaban J connectivity index is 1.93. The van der Waals surface area contributed by atoms with Crippen molar-refractivity contribution in [3.8, 4) is 0 Å². The standard InChI is InChI=1S/C25H32N2O9/c1-6-34-21(31)17-16-15(26-19(28)13-9-8-10-14(11-13)20(29)30)12-25(18(16)17,22(32)35-7-2)27-23(33)36-24(3,4)5/h8-11,15-18H,6-7,12H2,1-5H3,(H,26,28)(H,27,33)(H,29,30)/t15?,16?,17-,18?,25?/m0/s1. The molecule has 196 valence electrons. The fourth-order valence-corrected chi connectivity index (χ4v) is 4.97. The number of amides is 2. The van der Waals surface area contributed by atoms with Crippen LogP contribution in [0.2, 0.25) is 0 Å². The number of ether oxygens (including phenoxy) is 3. The molecule has 0 aliphatic heterocycles. The molecule has 1 aromatic rings. The van der Waals surface area contributed by atoms with Gasteiger partial charge in [0.25, 0.3) is 5.91 Å². The number of carbonyl (C=O) groups is 5. The van der Waals surface area contributed by atoms with Crippen molar-refractivity contribution in [3.63, 3.8) is 0 Å². The van der Waals surface area contributed by atoms with Gasteiger partial charge in [0.2, 0.25) is 0 Å². The Hall–Kier alpha value is -3.63. The van der Waals surface area contributed by atoms with Crippen LogP contribution in [-0.2, 0) is 23.8 Å². The predicted molar refractivity (Wildman–Crippen MR) is 125 cm³/mol. The van der Waals surface area contributed by atoms with E-state index in [4.69, 9.17) is 14.2 Å². The number of hydrogen-bond acceptors (Lipinski definition) is 8. The van der Waals surface area contributed by atoms with Gasteiger partial charge in [-0.25, -0.2) is 14.4 Å². The van der Waals surface area contributed by atoms with Gasteiger partial charge >= 0.3 is 24.0 Å². The Morgan fingerprint density at radius 1 is 1.06 bits per heavy atom. The highest BCUT2D eigenvalue weighted by atomic mass is 16.6. The second-order valence-electron chi connectivity index (χ2n) is 9.87. The summed E-state index contributed by atoms with van der Waals surface area (Å²) in [5, 5.41) is 14.7. The number of benzene rings is 1. The van der Waals surface area contributed by atoms with Crippen molar-refractivity contribution >= 4 is 29.9 Å². The third-order valence-corrected chi connectivity index (χ3v) is 6.26. The summed E-state index contributed by atoms with van der Waals surface area (Å²) in [6.07, 6.45) is -0.898. The van der Waals surface area contributed by atoms with Crippen LogP contribution in [0.3, 0.4) is 0 Å². The van der Waals surface area contributed by atoms with E-state index < -0.39 is 64.8 Å². The Morgan fingerprint density at radius 2 is 1.69 bits per heavy atom. The van der Waals surface area contributed by atoms with Crippen molar-refractivity contribution in [2.75, 3.05) is 13.2 Å². The molecule has 0 saturated heterocycles. The van der Waals surface area contributed by atoms with E-state index in [0.29, 0.717) is 0 Å². The molecule has 1 aromatic carbocycles.